The molecule has 3 rings (SSSR count). The van der Waals surface area contributed by atoms with Crippen molar-refractivity contribution in [3.05, 3.63) is 65.2 Å². The first-order chi connectivity index (χ1) is 18.9. The number of carbonyl (C=O) groups is 4. The van der Waals surface area contributed by atoms with E-state index >= 15 is 0 Å². The first-order valence-corrected chi connectivity index (χ1v) is 14.6. The van der Waals surface area contributed by atoms with Gasteiger partial charge in [0.15, 0.2) is 6.10 Å². The quantitative estimate of drug-likeness (QED) is 0.297. The monoisotopic (exact) mass is 569 g/mol. The lowest BCUT2D eigenvalue weighted by Gasteiger charge is -2.31. The number of rotatable bonds is 10. The maximum atomic E-state index is 13.6. The maximum Gasteiger partial charge on any atom is 0.308 e. The van der Waals surface area contributed by atoms with E-state index in [0.717, 1.165) is 5.56 Å². The fourth-order valence-corrected chi connectivity index (χ4v) is 5.73. The average Bonchev–Trinajstić information content (AvgIpc) is 3.38. The van der Waals surface area contributed by atoms with Crippen LogP contribution in [0.1, 0.15) is 62.5 Å². The van der Waals surface area contributed by atoms with Gasteiger partial charge in [0.2, 0.25) is 5.91 Å². The molecule has 3 N–H and O–H groups in total. The van der Waals surface area contributed by atoms with Gasteiger partial charge in [0.25, 0.3) is 11.8 Å². The molecule has 0 bridgehead atoms. The number of amides is 3. The lowest BCUT2D eigenvalue weighted by molar-refractivity contribution is -0.146. The van der Waals surface area contributed by atoms with Gasteiger partial charge in [-0.05, 0) is 51.3 Å². The summed E-state index contributed by atoms with van der Waals surface area (Å²) in [5, 5.41) is 17.1. The van der Waals surface area contributed by atoms with Gasteiger partial charge in [-0.25, -0.2) is 0 Å². The molecule has 3 amide bonds. The Morgan fingerprint density at radius 1 is 1.10 bits per heavy atom. The fourth-order valence-electron chi connectivity index (χ4n) is 4.56. The van der Waals surface area contributed by atoms with E-state index in [1.165, 1.54) is 23.6 Å². The molecule has 0 saturated carbocycles. The number of aliphatic hydroxyl groups excluding tert-OH is 1. The van der Waals surface area contributed by atoms with Crippen LogP contribution in [0.4, 0.5) is 0 Å². The highest BCUT2D eigenvalue weighted by Crippen LogP contribution is 2.26. The average molecular weight is 570 g/mol. The summed E-state index contributed by atoms with van der Waals surface area (Å²) in [4.78, 5) is 53.1. The number of nitrogens with one attached hydrogen (secondary N) is 2. The zero-order chi connectivity index (χ0) is 29.4. The molecule has 1 aliphatic heterocycles. The molecule has 10 heteroatoms. The van der Waals surface area contributed by atoms with Crippen LogP contribution in [0.15, 0.2) is 48.5 Å². The number of hydrogen-bond acceptors (Lipinski definition) is 7. The van der Waals surface area contributed by atoms with Crippen molar-refractivity contribution in [3.63, 3.8) is 0 Å². The molecular weight excluding hydrogens is 530 g/mol. The Morgan fingerprint density at radius 2 is 1.80 bits per heavy atom. The molecule has 1 aliphatic rings. The van der Waals surface area contributed by atoms with Crippen LogP contribution in [0, 0.1) is 0 Å². The Bertz CT molecular complexity index is 1210. The first kappa shape index (κ1) is 31.2. The summed E-state index contributed by atoms with van der Waals surface area (Å²) in [6.45, 7) is 8.84. The number of nitrogens with zero attached hydrogens (tertiary/aromatic N) is 1. The molecular formula is C30H39N3O6S. The molecule has 2 aromatic rings. The van der Waals surface area contributed by atoms with Crippen molar-refractivity contribution < 1.29 is 29.0 Å². The Hall–Kier alpha value is -3.37. The van der Waals surface area contributed by atoms with Gasteiger partial charge in [-0.3, -0.25) is 19.2 Å². The smallest absolute Gasteiger partial charge is 0.308 e. The van der Waals surface area contributed by atoms with Gasteiger partial charge >= 0.3 is 5.97 Å². The van der Waals surface area contributed by atoms with Gasteiger partial charge in [-0.1, -0.05) is 49.7 Å². The summed E-state index contributed by atoms with van der Waals surface area (Å²) in [5.41, 5.74) is 1.22. The first-order valence-electron chi connectivity index (χ1n) is 13.4. The van der Waals surface area contributed by atoms with Crippen LogP contribution in [-0.4, -0.2) is 69.1 Å². The van der Waals surface area contributed by atoms with Crippen molar-refractivity contribution in [2.24, 2.45) is 0 Å². The molecule has 216 valence electrons. The lowest BCUT2D eigenvalue weighted by Crippen LogP contribution is -2.57. The maximum absolute atomic E-state index is 13.6. The SMILES string of the molecule is CCCc1c(OC(C)=O)cccc1C(=O)N[C@@H](Cc1ccccc1)[C@H](O)C(=O)N1CSC[C@H]1C(=O)NC(C)(C)C. The Balaban J connectivity index is 1.89. The highest BCUT2D eigenvalue weighted by molar-refractivity contribution is 7.99. The van der Waals surface area contributed by atoms with Gasteiger partial charge in [-0.15, -0.1) is 11.8 Å². The van der Waals surface area contributed by atoms with E-state index in [9.17, 15) is 24.3 Å². The zero-order valence-corrected chi connectivity index (χ0v) is 24.5. The molecule has 3 atom stereocenters. The number of esters is 1. The van der Waals surface area contributed by atoms with Crippen LogP contribution in [0.5, 0.6) is 5.75 Å². The Labute approximate surface area is 240 Å². The highest BCUT2D eigenvalue weighted by Gasteiger charge is 2.40. The molecule has 40 heavy (non-hydrogen) atoms. The zero-order valence-electron chi connectivity index (χ0n) is 23.7. The largest absolute Gasteiger partial charge is 0.426 e. The van der Waals surface area contributed by atoms with Crippen LogP contribution < -0.4 is 15.4 Å². The van der Waals surface area contributed by atoms with Crippen molar-refractivity contribution in [1.82, 2.24) is 15.5 Å². The molecule has 1 saturated heterocycles. The highest BCUT2D eigenvalue weighted by atomic mass is 32.2. The molecule has 9 nitrogen and oxygen atoms in total. The summed E-state index contributed by atoms with van der Waals surface area (Å²) >= 11 is 1.43. The van der Waals surface area contributed by atoms with Crippen LogP contribution in [0.3, 0.4) is 0 Å². The van der Waals surface area contributed by atoms with Crippen molar-refractivity contribution in [3.8, 4) is 5.75 Å². The molecule has 0 aliphatic carbocycles. The van der Waals surface area contributed by atoms with Gasteiger partial charge in [0.1, 0.15) is 11.8 Å². The molecule has 1 fully saturated rings. The Kier molecular flexibility index (Phi) is 10.8. The summed E-state index contributed by atoms with van der Waals surface area (Å²) in [5.74, 6) is -0.917. The minimum atomic E-state index is -1.60. The predicted octanol–water partition coefficient (Wildman–Crippen LogP) is 3.08. The fraction of sp³-hybridized carbons (Fsp3) is 0.467. The van der Waals surface area contributed by atoms with Crippen molar-refractivity contribution >= 4 is 35.5 Å². The minimum absolute atomic E-state index is 0.187. The van der Waals surface area contributed by atoms with Crippen molar-refractivity contribution in [1.29, 1.82) is 0 Å². The lowest BCUT2D eigenvalue weighted by atomic mass is 9.97. The molecule has 0 radical (unpaired) electrons. The molecule has 2 aromatic carbocycles. The number of benzene rings is 2. The number of aliphatic hydroxyl groups is 1. The second-order valence-corrected chi connectivity index (χ2v) is 11.9. The predicted molar refractivity (Wildman–Crippen MR) is 155 cm³/mol. The van der Waals surface area contributed by atoms with E-state index in [4.69, 9.17) is 4.74 Å². The van der Waals surface area contributed by atoms with Gasteiger partial charge in [-0.2, -0.15) is 0 Å². The summed E-state index contributed by atoms with van der Waals surface area (Å²) < 4.78 is 5.34. The summed E-state index contributed by atoms with van der Waals surface area (Å²) in [7, 11) is 0. The van der Waals surface area contributed by atoms with E-state index in [1.807, 2.05) is 58.0 Å². The summed E-state index contributed by atoms with van der Waals surface area (Å²) in [6, 6.07) is 12.4. The van der Waals surface area contributed by atoms with E-state index in [-0.39, 0.29) is 18.2 Å². The third-order valence-electron chi connectivity index (χ3n) is 6.35. The third-order valence-corrected chi connectivity index (χ3v) is 7.36. The molecule has 0 aromatic heterocycles. The van der Waals surface area contributed by atoms with Crippen molar-refractivity contribution in [2.45, 2.75) is 77.6 Å². The number of carbonyl (C=O) groups excluding carboxylic acids is 4. The Morgan fingerprint density at radius 3 is 2.42 bits per heavy atom. The number of thioether (sulfide) groups is 1. The minimum Gasteiger partial charge on any atom is -0.426 e. The van der Waals surface area contributed by atoms with Crippen molar-refractivity contribution in [2.75, 3.05) is 11.6 Å². The standard InChI is InChI=1S/C30H39N3O6S/c1-6-11-21-22(14-10-15-25(21)39-19(2)34)27(36)31-23(16-20-12-8-7-9-13-20)26(35)29(38)33-18-40-17-24(33)28(37)32-30(3,4)5/h7-10,12-15,23-24,26,35H,6,11,16-18H2,1-5H3,(H,31,36)(H,32,37)/t23-,24-,26-/m0/s1. The van der Waals surface area contributed by atoms with E-state index < -0.39 is 41.5 Å². The number of ether oxygens (including phenoxy) is 1. The van der Waals surface area contributed by atoms with Gasteiger partial charge in [0, 0.05) is 29.3 Å². The topological polar surface area (TPSA) is 125 Å². The molecule has 0 unspecified atom stereocenters. The van der Waals surface area contributed by atoms with E-state index in [2.05, 4.69) is 10.6 Å². The van der Waals surface area contributed by atoms with Crippen LogP contribution in [-0.2, 0) is 27.2 Å². The normalized spacial score (nSPS) is 16.6. The van der Waals surface area contributed by atoms with Crippen LogP contribution in [0.25, 0.3) is 0 Å². The summed E-state index contributed by atoms with van der Waals surface area (Å²) in [6.07, 6.45) is -0.213. The van der Waals surface area contributed by atoms with Crippen LogP contribution in [0.2, 0.25) is 0 Å². The molecule has 1 heterocycles. The molecule has 0 spiro atoms. The third kappa shape index (κ3) is 8.32. The van der Waals surface area contributed by atoms with Gasteiger partial charge in [0.05, 0.1) is 11.9 Å². The second kappa shape index (κ2) is 13.8. The van der Waals surface area contributed by atoms with Crippen LogP contribution >= 0.6 is 11.8 Å². The second-order valence-electron chi connectivity index (χ2n) is 10.9. The van der Waals surface area contributed by atoms with E-state index in [1.54, 1.807) is 18.2 Å². The van der Waals surface area contributed by atoms with Gasteiger partial charge < -0.3 is 25.4 Å². The van der Waals surface area contributed by atoms with E-state index in [0.29, 0.717) is 35.5 Å². The number of hydrogen-bond donors (Lipinski definition) is 3.